The van der Waals surface area contributed by atoms with Crippen LogP contribution in [0.2, 0.25) is 5.02 Å². The fourth-order valence-electron chi connectivity index (χ4n) is 2.06. The summed E-state index contributed by atoms with van der Waals surface area (Å²) in [4.78, 5) is 8.79. The number of aromatic nitrogens is 4. The number of rotatable bonds is 5. The van der Waals surface area contributed by atoms with Crippen molar-refractivity contribution >= 4 is 29.1 Å². The molecule has 3 rings (SSSR count). The van der Waals surface area contributed by atoms with E-state index in [1.807, 2.05) is 44.2 Å². The van der Waals surface area contributed by atoms with Crippen molar-refractivity contribution in [2.45, 2.75) is 19.0 Å². The lowest BCUT2D eigenvalue weighted by molar-refractivity contribution is 0.344. The average molecular weight is 335 g/mol. The van der Waals surface area contributed by atoms with Crippen LogP contribution in [0.1, 0.15) is 11.4 Å². The lowest BCUT2D eigenvalue weighted by atomic mass is 10.3. The van der Waals surface area contributed by atoms with Gasteiger partial charge in [0.05, 0.1) is 11.6 Å². The van der Waals surface area contributed by atoms with E-state index in [1.165, 1.54) is 11.8 Å². The molecule has 22 heavy (non-hydrogen) atoms. The van der Waals surface area contributed by atoms with Crippen LogP contribution in [0.5, 0.6) is 5.75 Å². The topological polar surface area (TPSA) is 52.3 Å². The van der Waals surface area contributed by atoms with E-state index >= 15 is 0 Å². The molecule has 0 amide bonds. The van der Waals surface area contributed by atoms with Crippen LogP contribution in [0.3, 0.4) is 0 Å². The first-order valence-corrected chi connectivity index (χ1v) is 8.21. The van der Waals surface area contributed by atoms with Crippen molar-refractivity contribution in [3.05, 3.63) is 46.7 Å². The number of halogens is 1. The molecule has 0 unspecified atom stereocenters. The molecule has 0 aliphatic heterocycles. The third kappa shape index (κ3) is 3.34. The van der Waals surface area contributed by atoms with E-state index in [0.29, 0.717) is 28.3 Å². The number of benzene rings is 1. The number of aryl methyl sites for hydroxylation is 2. The SMILES string of the molecule is Cc1cc(C)n2nc(SCCOc3ccccc3Cl)nc2n1. The van der Waals surface area contributed by atoms with Crippen molar-refractivity contribution in [2.24, 2.45) is 0 Å². The summed E-state index contributed by atoms with van der Waals surface area (Å²) in [6.07, 6.45) is 0. The summed E-state index contributed by atoms with van der Waals surface area (Å²) in [5.74, 6) is 2.06. The molecule has 0 saturated carbocycles. The van der Waals surface area contributed by atoms with Crippen LogP contribution in [-0.2, 0) is 0 Å². The van der Waals surface area contributed by atoms with E-state index in [2.05, 4.69) is 15.1 Å². The summed E-state index contributed by atoms with van der Waals surface area (Å²) >= 11 is 7.57. The zero-order valence-electron chi connectivity index (χ0n) is 12.3. The number of para-hydroxylation sites is 1. The molecule has 0 aliphatic rings. The van der Waals surface area contributed by atoms with E-state index in [-0.39, 0.29) is 0 Å². The predicted octanol–water partition coefficient (Wildman–Crippen LogP) is 3.57. The van der Waals surface area contributed by atoms with Crippen LogP contribution in [-0.4, -0.2) is 31.9 Å². The number of hydrogen-bond acceptors (Lipinski definition) is 5. The Morgan fingerprint density at radius 2 is 2.05 bits per heavy atom. The molecule has 5 nitrogen and oxygen atoms in total. The molecule has 0 saturated heterocycles. The number of nitrogens with zero attached hydrogens (tertiary/aromatic N) is 4. The van der Waals surface area contributed by atoms with E-state index < -0.39 is 0 Å². The second-order valence-corrected chi connectivity index (χ2v) is 6.24. The van der Waals surface area contributed by atoms with E-state index in [9.17, 15) is 0 Å². The molecule has 0 fully saturated rings. The molecule has 0 bridgehead atoms. The Kier molecular flexibility index (Phi) is 4.49. The van der Waals surface area contributed by atoms with Crippen LogP contribution in [0.25, 0.3) is 5.78 Å². The molecule has 1 aromatic carbocycles. The number of fused-ring (bicyclic) bond motifs is 1. The predicted molar refractivity (Wildman–Crippen MR) is 87.9 cm³/mol. The van der Waals surface area contributed by atoms with Gasteiger partial charge in [0.25, 0.3) is 5.78 Å². The summed E-state index contributed by atoms with van der Waals surface area (Å²) in [6, 6.07) is 9.42. The zero-order valence-corrected chi connectivity index (χ0v) is 13.9. The maximum Gasteiger partial charge on any atom is 0.253 e. The number of hydrogen-bond donors (Lipinski definition) is 0. The van der Waals surface area contributed by atoms with Crippen LogP contribution in [0.4, 0.5) is 0 Å². The van der Waals surface area contributed by atoms with Gasteiger partial charge in [-0.2, -0.15) is 4.98 Å². The molecule has 2 aromatic heterocycles. The van der Waals surface area contributed by atoms with Crippen molar-refractivity contribution in [3.63, 3.8) is 0 Å². The van der Waals surface area contributed by atoms with Crippen molar-refractivity contribution in [1.29, 1.82) is 0 Å². The number of ether oxygens (including phenoxy) is 1. The van der Waals surface area contributed by atoms with Crippen LogP contribution in [0.15, 0.2) is 35.5 Å². The molecule has 3 aromatic rings. The second-order valence-electron chi connectivity index (χ2n) is 4.77. The zero-order chi connectivity index (χ0) is 15.5. The smallest absolute Gasteiger partial charge is 0.253 e. The largest absolute Gasteiger partial charge is 0.491 e. The molecule has 0 spiro atoms. The molecule has 7 heteroatoms. The summed E-state index contributed by atoms with van der Waals surface area (Å²) in [5.41, 5.74) is 1.96. The third-order valence-electron chi connectivity index (χ3n) is 3.01. The van der Waals surface area contributed by atoms with Gasteiger partial charge in [-0.1, -0.05) is 35.5 Å². The Morgan fingerprint density at radius 1 is 1.23 bits per heavy atom. The third-order valence-corrected chi connectivity index (χ3v) is 4.12. The fourth-order valence-corrected chi connectivity index (χ4v) is 2.88. The maximum absolute atomic E-state index is 6.04. The highest BCUT2D eigenvalue weighted by Crippen LogP contribution is 2.23. The summed E-state index contributed by atoms with van der Waals surface area (Å²) < 4.78 is 7.40. The highest BCUT2D eigenvalue weighted by molar-refractivity contribution is 7.99. The Morgan fingerprint density at radius 3 is 2.86 bits per heavy atom. The quantitative estimate of drug-likeness (QED) is 0.527. The van der Waals surface area contributed by atoms with E-state index in [0.717, 1.165) is 17.1 Å². The first kappa shape index (κ1) is 15.1. The minimum Gasteiger partial charge on any atom is -0.491 e. The first-order valence-electron chi connectivity index (χ1n) is 6.84. The lowest BCUT2D eigenvalue weighted by Crippen LogP contribution is -2.00. The van der Waals surface area contributed by atoms with Crippen LogP contribution < -0.4 is 4.74 Å². The second kappa shape index (κ2) is 6.54. The molecule has 2 heterocycles. The molecule has 114 valence electrons. The van der Waals surface area contributed by atoms with Gasteiger partial charge < -0.3 is 4.74 Å². The Labute approximate surface area is 137 Å². The van der Waals surface area contributed by atoms with Crippen LogP contribution >= 0.6 is 23.4 Å². The van der Waals surface area contributed by atoms with Crippen molar-refractivity contribution in [2.75, 3.05) is 12.4 Å². The molecular weight excluding hydrogens is 320 g/mol. The van der Waals surface area contributed by atoms with Crippen molar-refractivity contribution < 1.29 is 4.74 Å². The molecule has 0 N–H and O–H groups in total. The van der Waals surface area contributed by atoms with E-state index in [4.69, 9.17) is 16.3 Å². The van der Waals surface area contributed by atoms with Crippen LogP contribution in [0, 0.1) is 13.8 Å². The number of thioether (sulfide) groups is 1. The lowest BCUT2D eigenvalue weighted by Gasteiger charge is -2.06. The molecule has 0 aliphatic carbocycles. The monoisotopic (exact) mass is 334 g/mol. The Bertz CT molecular complexity index is 805. The van der Waals surface area contributed by atoms with E-state index in [1.54, 1.807) is 4.52 Å². The summed E-state index contributed by atoms with van der Waals surface area (Å²) in [6.45, 7) is 4.48. The maximum atomic E-state index is 6.04. The Balaban J connectivity index is 1.60. The highest BCUT2D eigenvalue weighted by Gasteiger charge is 2.08. The molecule has 0 atom stereocenters. The normalized spacial score (nSPS) is 11.0. The molecular formula is C15H15ClN4OS. The van der Waals surface area contributed by atoms with Gasteiger partial charge in [0.15, 0.2) is 0 Å². The fraction of sp³-hybridized carbons (Fsp3) is 0.267. The van der Waals surface area contributed by atoms with Crippen molar-refractivity contribution in [3.8, 4) is 5.75 Å². The Hall–Kier alpha value is -1.79. The van der Waals surface area contributed by atoms with Gasteiger partial charge in [-0.05, 0) is 32.0 Å². The first-order chi connectivity index (χ1) is 10.6. The highest BCUT2D eigenvalue weighted by atomic mass is 35.5. The van der Waals surface area contributed by atoms with Gasteiger partial charge in [0, 0.05) is 17.1 Å². The minimum atomic E-state index is 0.537. The van der Waals surface area contributed by atoms with Gasteiger partial charge in [-0.25, -0.2) is 9.50 Å². The summed E-state index contributed by atoms with van der Waals surface area (Å²) in [7, 11) is 0. The molecule has 0 radical (unpaired) electrons. The van der Waals surface area contributed by atoms with Gasteiger partial charge in [0.2, 0.25) is 5.16 Å². The summed E-state index contributed by atoms with van der Waals surface area (Å²) in [5, 5.41) is 5.76. The van der Waals surface area contributed by atoms with Gasteiger partial charge >= 0.3 is 0 Å². The standard InChI is InChI=1S/C15H15ClN4OS/c1-10-9-11(2)20-14(17-10)18-15(19-20)22-8-7-21-13-6-4-3-5-12(13)16/h3-6,9H,7-8H2,1-2H3. The van der Waals surface area contributed by atoms with Gasteiger partial charge in [-0.15, -0.1) is 5.10 Å². The van der Waals surface area contributed by atoms with Crippen molar-refractivity contribution in [1.82, 2.24) is 19.6 Å². The average Bonchev–Trinajstić information content (AvgIpc) is 2.88. The van der Waals surface area contributed by atoms with Gasteiger partial charge in [0.1, 0.15) is 5.75 Å². The minimum absolute atomic E-state index is 0.537. The van der Waals surface area contributed by atoms with Gasteiger partial charge in [-0.3, -0.25) is 0 Å².